The summed E-state index contributed by atoms with van der Waals surface area (Å²) >= 11 is 6.02. The molecular formula is C15H20ClN3. The van der Waals surface area contributed by atoms with E-state index in [-0.39, 0.29) is 0 Å². The molecule has 2 rings (SSSR count). The van der Waals surface area contributed by atoms with Crippen LogP contribution in [0.1, 0.15) is 30.7 Å². The molecule has 0 saturated carbocycles. The first-order valence-electron chi connectivity index (χ1n) is 6.73. The normalized spacial score (nSPS) is 10.9. The zero-order valence-corrected chi connectivity index (χ0v) is 12.2. The molecule has 102 valence electrons. The van der Waals surface area contributed by atoms with E-state index in [4.69, 9.17) is 11.6 Å². The van der Waals surface area contributed by atoms with Gasteiger partial charge < -0.3 is 5.32 Å². The lowest BCUT2D eigenvalue weighted by atomic mass is 10.2. The van der Waals surface area contributed by atoms with Crippen molar-refractivity contribution < 1.29 is 0 Å². The quantitative estimate of drug-likeness (QED) is 0.878. The monoisotopic (exact) mass is 277 g/mol. The summed E-state index contributed by atoms with van der Waals surface area (Å²) in [5.74, 6) is 0. The molecule has 0 atom stereocenters. The molecule has 1 heterocycles. The van der Waals surface area contributed by atoms with Gasteiger partial charge in [0.2, 0.25) is 0 Å². The Labute approximate surface area is 119 Å². The highest BCUT2D eigenvalue weighted by molar-refractivity contribution is 6.30. The predicted molar refractivity (Wildman–Crippen MR) is 79.5 cm³/mol. The summed E-state index contributed by atoms with van der Waals surface area (Å²) in [6.07, 6.45) is 2.95. The van der Waals surface area contributed by atoms with Gasteiger partial charge in [-0.3, -0.25) is 4.68 Å². The Bertz CT molecular complexity index is 534. The number of hydrogen-bond acceptors (Lipinski definition) is 2. The second-order valence-corrected chi connectivity index (χ2v) is 4.97. The minimum Gasteiger partial charge on any atom is -0.313 e. The van der Waals surface area contributed by atoms with Crippen molar-refractivity contribution in [3.8, 4) is 0 Å². The van der Waals surface area contributed by atoms with Gasteiger partial charge in [0.25, 0.3) is 0 Å². The third-order valence-electron chi connectivity index (χ3n) is 3.16. The first-order valence-corrected chi connectivity index (χ1v) is 7.11. The van der Waals surface area contributed by atoms with E-state index in [1.165, 1.54) is 16.8 Å². The number of rotatable bonds is 6. The van der Waals surface area contributed by atoms with Crippen molar-refractivity contribution in [1.82, 2.24) is 15.1 Å². The Morgan fingerprint density at radius 3 is 2.84 bits per heavy atom. The molecule has 0 amide bonds. The molecule has 1 aromatic carbocycles. The van der Waals surface area contributed by atoms with Crippen LogP contribution in [-0.2, 0) is 19.5 Å². The van der Waals surface area contributed by atoms with Crippen LogP contribution in [0.25, 0.3) is 0 Å². The van der Waals surface area contributed by atoms with E-state index in [2.05, 4.69) is 35.0 Å². The van der Waals surface area contributed by atoms with E-state index in [0.29, 0.717) is 0 Å². The summed E-state index contributed by atoms with van der Waals surface area (Å²) < 4.78 is 2.07. The van der Waals surface area contributed by atoms with Crippen LogP contribution in [0.15, 0.2) is 30.5 Å². The van der Waals surface area contributed by atoms with Gasteiger partial charge in [0.05, 0.1) is 12.7 Å². The van der Waals surface area contributed by atoms with Gasteiger partial charge in [-0.15, -0.1) is 0 Å². The number of halogens is 1. The summed E-state index contributed by atoms with van der Waals surface area (Å²) in [6, 6.07) is 7.95. The fourth-order valence-corrected chi connectivity index (χ4v) is 2.42. The largest absolute Gasteiger partial charge is 0.313 e. The zero-order chi connectivity index (χ0) is 13.7. The van der Waals surface area contributed by atoms with Crippen molar-refractivity contribution in [2.24, 2.45) is 0 Å². The number of nitrogens with zero attached hydrogens (tertiary/aromatic N) is 2. The highest BCUT2D eigenvalue weighted by Crippen LogP contribution is 2.15. The van der Waals surface area contributed by atoms with Crippen molar-refractivity contribution in [3.63, 3.8) is 0 Å². The number of nitrogens with one attached hydrogen (secondary N) is 1. The second-order valence-electron chi connectivity index (χ2n) is 4.54. The Balaban J connectivity index is 2.18. The van der Waals surface area contributed by atoms with Gasteiger partial charge in [-0.25, -0.2) is 0 Å². The standard InChI is InChI=1S/C15H20ClN3/c1-3-15-13(9-17-4-2)10-18-19(15)11-12-6-5-7-14(16)8-12/h5-8,10,17H,3-4,9,11H2,1-2H3. The molecule has 3 nitrogen and oxygen atoms in total. The van der Waals surface area contributed by atoms with Gasteiger partial charge in [-0.05, 0) is 30.7 Å². The van der Waals surface area contributed by atoms with Crippen LogP contribution in [0.4, 0.5) is 0 Å². The summed E-state index contributed by atoms with van der Waals surface area (Å²) in [5.41, 5.74) is 3.76. The van der Waals surface area contributed by atoms with Crippen LogP contribution in [0.2, 0.25) is 5.02 Å². The highest BCUT2D eigenvalue weighted by Gasteiger charge is 2.09. The van der Waals surface area contributed by atoms with Crippen molar-refractivity contribution in [2.75, 3.05) is 6.54 Å². The maximum atomic E-state index is 6.02. The van der Waals surface area contributed by atoms with Gasteiger partial charge in [0, 0.05) is 22.8 Å². The Morgan fingerprint density at radius 1 is 1.32 bits per heavy atom. The fraction of sp³-hybridized carbons (Fsp3) is 0.400. The summed E-state index contributed by atoms with van der Waals surface area (Å²) in [7, 11) is 0. The molecule has 0 radical (unpaired) electrons. The molecular weight excluding hydrogens is 258 g/mol. The Kier molecular flexibility index (Phi) is 5.00. The lowest BCUT2D eigenvalue weighted by molar-refractivity contribution is 0.642. The van der Waals surface area contributed by atoms with Crippen LogP contribution >= 0.6 is 11.6 Å². The maximum absolute atomic E-state index is 6.02. The third kappa shape index (κ3) is 3.58. The van der Waals surface area contributed by atoms with Crippen molar-refractivity contribution >= 4 is 11.6 Å². The number of hydrogen-bond donors (Lipinski definition) is 1. The molecule has 4 heteroatoms. The Hall–Kier alpha value is -1.32. The average Bonchev–Trinajstić information content (AvgIpc) is 2.78. The fourth-order valence-electron chi connectivity index (χ4n) is 2.21. The average molecular weight is 278 g/mol. The molecule has 0 spiro atoms. The highest BCUT2D eigenvalue weighted by atomic mass is 35.5. The van der Waals surface area contributed by atoms with E-state index >= 15 is 0 Å². The lowest BCUT2D eigenvalue weighted by Crippen LogP contribution is -2.13. The topological polar surface area (TPSA) is 29.9 Å². The van der Waals surface area contributed by atoms with Crippen LogP contribution in [0.3, 0.4) is 0 Å². The van der Waals surface area contributed by atoms with Crippen molar-refractivity contribution in [1.29, 1.82) is 0 Å². The predicted octanol–water partition coefficient (Wildman–Crippen LogP) is 3.26. The molecule has 0 bridgehead atoms. The van der Waals surface area contributed by atoms with E-state index in [0.717, 1.165) is 31.1 Å². The lowest BCUT2D eigenvalue weighted by Gasteiger charge is -2.08. The summed E-state index contributed by atoms with van der Waals surface area (Å²) in [6.45, 7) is 6.91. The molecule has 0 aliphatic rings. The summed E-state index contributed by atoms with van der Waals surface area (Å²) in [5, 5.41) is 8.62. The molecule has 0 aliphatic carbocycles. The van der Waals surface area contributed by atoms with Gasteiger partial charge in [0.1, 0.15) is 0 Å². The van der Waals surface area contributed by atoms with Crippen molar-refractivity contribution in [3.05, 3.63) is 52.3 Å². The number of aromatic nitrogens is 2. The molecule has 0 saturated heterocycles. The Morgan fingerprint density at radius 2 is 2.16 bits per heavy atom. The second kappa shape index (κ2) is 6.73. The molecule has 0 aliphatic heterocycles. The minimum atomic E-state index is 0.774. The van der Waals surface area contributed by atoms with Crippen LogP contribution in [0, 0.1) is 0 Å². The molecule has 0 unspecified atom stereocenters. The molecule has 1 aromatic heterocycles. The maximum Gasteiger partial charge on any atom is 0.0663 e. The molecule has 19 heavy (non-hydrogen) atoms. The SMILES string of the molecule is CCNCc1cnn(Cc2cccc(Cl)c2)c1CC. The van der Waals surface area contributed by atoms with Gasteiger partial charge >= 0.3 is 0 Å². The van der Waals surface area contributed by atoms with Gasteiger partial charge in [-0.2, -0.15) is 5.10 Å². The first kappa shape index (κ1) is 14.1. The van der Waals surface area contributed by atoms with Crippen LogP contribution in [-0.4, -0.2) is 16.3 Å². The molecule has 1 N–H and O–H groups in total. The minimum absolute atomic E-state index is 0.774. The van der Waals surface area contributed by atoms with Crippen LogP contribution in [0.5, 0.6) is 0 Å². The van der Waals surface area contributed by atoms with Crippen LogP contribution < -0.4 is 5.32 Å². The van der Waals surface area contributed by atoms with E-state index in [9.17, 15) is 0 Å². The van der Waals surface area contributed by atoms with E-state index in [1.807, 2.05) is 24.4 Å². The number of benzene rings is 1. The van der Waals surface area contributed by atoms with E-state index < -0.39 is 0 Å². The molecule has 2 aromatic rings. The zero-order valence-electron chi connectivity index (χ0n) is 11.5. The van der Waals surface area contributed by atoms with E-state index in [1.54, 1.807) is 0 Å². The third-order valence-corrected chi connectivity index (χ3v) is 3.39. The van der Waals surface area contributed by atoms with Crippen molar-refractivity contribution in [2.45, 2.75) is 33.4 Å². The summed E-state index contributed by atoms with van der Waals surface area (Å²) in [4.78, 5) is 0. The first-order chi connectivity index (χ1) is 9.24. The van der Waals surface area contributed by atoms with Gasteiger partial charge in [-0.1, -0.05) is 37.6 Å². The van der Waals surface area contributed by atoms with Gasteiger partial charge in [0.15, 0.2) is 0 Å². The smallest absolute Gasteiger partial charge is 0.0663 e. The molecule has 0 fully saturated rings.